The van der Waals surface area contributed by atoms with Crippen molar-refractivity contribution in [1.82, 2.24) is 10.2 Å². The summed E-state index contributed by atoms with van der Waals surface area (Å²) in [5.74, 6) is -1.55. The molecule has 2 N–H and O–H groups in total. The SMILES string of the molecule is CC(C)OCCCNC(=O)[C@@H](C)N(Cc1ccc(F)cc1)C(=O)COc1ccc(S(=O)(=O)Nc2ccc(F)cc2)cc1. The molecule has 0 aliphatic heterocycles. The van der Waals surface area contributed by atoms with Crippen LogP contribution in [0.2, 0.25) is 0 Å². The number of rotatable bonds is 15. The number of hydrogen-bond acceptors (Lipinski definition) is 6. The summed E-state index contributed by atoms with van der Waals surface area (Å²) in [5, 5.41) is 2.81. The van der Waals surface area contributed by atoms with Gasteiger partial charge in [-0.15, -0.1) is 0 Å². The molecule has 226 valence electrons. The minimum atomic E-state index is -3.94. The lowest BCUT2D eigenvalue weighted by Gasteiger charge is -2.28. The van der Waals surface area contributed by atoms with E-state index in [1.807, 2.05) is 13.8 Å². The molecule has 9 nitrogen and oxygen atoms in total. The number of nitrogens with zero attached hydrogens (tertiary/aromatic N) is 1. The fourth-order valence-corrected chi connectivity index (χ4v) is 4.85. The van der Waals surface area contributed by atoms with Crippen LogP contribution in [0.4, 0.5) is 14.5 Å². The van der Waals surface area contributed by atoms with E-state index in [1.54, 1.807) is 6.92 Å². The standard InChI is InChI=1S/C30H35F2N3O6S/c1-21(2)40-18-4-17-33-30(37)22(3)35(19-23-5-7-24(31)8-6-23)29(36)20-41-27-13-15-28(16-14-27)42(38,39)34-26-11-9-25(32)10-12-26/h5-16,21-22,34H,4,17-20H2,1-3H3,(H,33,37)/t22-/m1/s1. The number of hydrogen-bond donors (Lipinski definition) is 2. The number of amides is 2. The average Bonchev–Trinajstić information content (AvgIpc) is 2.96. The number of anilines is 1. The normalized spacial score (nSPS) is 12.0. The van der Waals surface area contributed by atoms with Crippen molar-refractivity contribution in [2.75, 3.05) is 24.5 Å². The summed E-state index contributed by atoms with van der Waals surface area (Å²) in [7, 11) is -3.94. The zero-order chi connectivity index (χ0) is 30.7. The Bertz CT molecular complexity index is 1420. The largest absolute Gasteiger partial charge is 0.484 e. The maximum absolute atomic E-state index is 13.4. The van der Waals surface area contributed by atoms with Gasteiger partial charge in [-0.3, -0.25) is 14.3 Å². The van der Waals surface area contributed by atoms with Gasteiger partial charge in [0, 0.05) is 25.4 Å². The van der Waals surface area contributed by atoms with Gasteiger partial charge in [0.1, 0.15) is 23.4 Å². The second-order valence-corrected chi connectivity index (χ2v) is 11.4. The maximum atomic E-state index is 13.4. The van der Waals surface area contributed by atoms with Crippen LogP contribution in [0, 0.1) is 11.6 Å². The summed E-state index contributed by atoms with van der Waals surface area (Å²) >= 11 is 0. The third-order valence-corrected chi connectivity index (χ3v) is 7.49. The molecule has 0 bridgehead atoms. The lowest BCUT2D eigenvalue weighted by molar-refractivity contribution is -0.142. The number of carbonyl (C=O) groups excluding carboxylic acids is 2. The third-order valence-electron chi connectivity index (χ3n) is 6.10. The highest BCUT2D eigenvalue weighted by molar-refractivity contribution is 7.92. The first-order chi connectivity index (χ1) is 19.9. The Labute approximate surface area is 244 Å². The Balaban J connectivity index is 1.63. The van der Waals surface area contributed by atoms with Gasteiger partial charge in [-0.05, 0) is 93.4 Å². The van der Waals surface area contributed by atoms with Gasteiger partial charge in [0.2, 0.25) is 5.91 Å². The number of benzene rings is 3. The molecule has 3 rings (SSSR count). The second kappa shape index (κ2) is 15.3. The van der Waals surface area contributed by atoms with E-state index in [0.717, 1.165) is 12.1 Å². The molecule has 0 aromatic heterocycles. The third kappa shape index (κ3) is 10.1. The minimum absolute atomic E-state index is 0.0414. The Morgan fingerprint density at radius 2 is 1.48 bits per heavy atom. The molecule has 0 fully saturated rings. The van der Waals surface area contributed by atoms with Gasteiger partial charge in [0.05, 0.1) is 11.0 Å². The number of nitrogens with one attached hydrogen (secondary N) is 2. The van der Waals surface area contributed by atoms with Crippen molar-refractivity contribution < 1.29 is 36.3 Å². The molecule has 2 amide bonds. The van der Waals surface area contributed by atoms with Gasteiger partial charge < -0.3 is 19.7 Å². The van der Waals surface area contributed by atoms with Gasteiger partial charge in [-0.2, -0.15) is 0 Å². The van der Waals surface area contributed by atoms with Crippen LogP contribution in [-0.4, -0.2) is 57.0 Å². The van der Waals surface area contributed by atoms with E-state index in [0.29, 0.717) is 25.1 Å². The molecule has 0 unspecified atom stereocenters. The lowest BCUT2D eigenvalue weighted by Crippen LogP contribution is -2.49. The van der Waals surface area contributed by atoms with Crippen LogP contribution in [0.15, 0.2) is 77.7 Å². The van der Waals surface area contributed by atoms with E-state index in [-0.39, 0.29) is 34.9 Å². The predicted molar refractivity (Wildman–Crippen MR) is 154 cm³/mol. The van der Waals surface area contributed by atoms with Crippen LogP contribution < -0.4 is 14.8 Å². The molecule has 0 aliphatic carbocycles. The first-order valence-electron chi connectivity index (χ1n) is 13.4. The molecule has 3 aromatic rings. The van der Waals surface area contributed by atoms with Crippen molar-refractivity contribution in [2.45, 2.75) is 50.8 Å². The predicted octanol–water partition coefficient (Wildman–Crippen LogP) is 4.49. The fraction of sp³-hybridized carbons (Fsp3) is 0.333. The quantitative estimate of drug-likeness (QED) is 0.248. The summed E-state index contributed by atoms with van der Waals surface area (Å²) in [4.78, 5) is 27.4. The summed E-state index contributed by atoms with van der Waals surface area (Å²) in [5.41, 5.74) is 0.823. The zero-order valence-corrected chi connectivity index (χ0v) is 24.5. The van der Waals surface area contributed by atoms with E-state index in [1.165, 1.54) is 65.6 Å². The van der Waals surface area contributed by atoms with Crippen molar-refractivity contribution in [2.24, 2.45) is 0 Å². The van der Waals surface area contributed by atoms with Gasteiger partial charge in [0.15, 0.2) is 6.61 Å². The van der Waals surface area contributed by atoms with Crippen LogP contribution in [0.25, 0.3) is 0 Å². The van der Waals surface area contributed by atoms with Gasteiger partial charge in [0.25, 0.3) is 15.9 Å². The zero-order valence-electron chi connectivity index (χ0n) is 23.7. The van der Waals surface area contributed by atoms with Crippen molar-refractivity contribution in [3.8, 4) is 5.75 Å². The van der Waals surface area contributed by atoms with Crippen molar-refractivity contribution >= 4 is 27.5 Å². The molecule has 0 saturated heterocycles. The molecule has 0 aliphatic rings. The Morgan fingerprint density at radius 3 is 2.07 bits per heavy atom. The molecule has 42 heavy (non-hydrogen) atoms. The number of ether oxygens (including phenoxy) is 2. The summed E-state index contributed by atoms with van der Waals surface area (Å²) in [6, 6.07) is 15.0. The van der Waals surface area contributed by atoms with Crippen LogP contribution >= 0.6 is 0 Å². The average molecular weight is 604 g/mol. The highest BCUT2D eigenvalue weighted by Crippen LogP contribution is 2.20. The van der Waals surface area contributed by atoms with E-state index in [4.69, 9.17) is 9.47 Å². The number of carbonyl (C=O) groups is 2. The summed E-state index contributed by atoms with van der Waals surface area (Å²) in [6.07, 6.45) is 0.693. The van der Waals surface area contributed by atoms with E-state index in [9.17, 15) is 26.8 Å². The minimum Gasteiger partial charge on any atom is -0.484 e. The molecule has 3 aromatic carbocycles. The van der Waals surface area contributed by atoms with Gasteiger partial charge >= 0.3 is 0 Å². The second-order valence-electron chi connectivity index (χ2n) is 9.76. The molecular weight excluding hydrogens is 568 g/mol. The molecule has 0 spiro atoms. The smallest absolute Gasteiger partial charge is 0.261 e. The molecule has 0 radical (unpaired) electrons. The van der Waals surface area contributed by atoms with Crippen molar-refractivity contribution in [3.63, 3.8) is 0 Å². The van der Waals surface area contributed by atoms with E-state index < -0.39 is 40.2 Å². The van der Waals surface area contributed by atoms with Crippen LogP contribution in [0.3, 0.4) is 0 Å². The van der Waals surface area contributed by atoms with Gasteiger partial charge in [-0.1, -0.05) is 12.1 Å². The lowest BCUT2D eigenvalue weighted by atomic mass is 10.1. The number of sulfonamides is 1. The van der Waals surface area contributed by atoms with E-state index >= 15 is 0 Å². The molecule has 0 heterocycles. The van der Waals surface area contributed by atoms with E-state index in [2.05, 4.69) is 10.0 Å². The first kappa shape index (κ1) is 32.5. The first-order valence-corrected chi connectivity index (χ1v) is 14.9. The number of halogens is 2. The van der Waals surface area contributed by atoms with Crippen LogP contribution in [0.5, 0.6) is 5.75 Å². The Kier molecular flexibility index (Phi) is 11.8. The monoisotopic (exact) mass is 603 g/mol. The molecule has 12 heteroatoms. The van der Waals surface area contributed by atoms with Crippen molar-refractivity contribution in [1.29, 1.82) is 0 Å². The van der Waals surface area contributed by atoms with Crippen LogP contribution in [-0.2, 0) is 30.9 Å². The molecule has 0 saturated carbocycles. The summed E-state index contributed by atoms with van der Waals surface area (Å²) < 4.78 is 65.3. The maximum Gasteiger partial charge on any atom is 0.261 e. The topological polar surface area (TPSA) is 114 Å². The Morgan fingerprint density at radius 1 is 0.881 bits per heavy atom. The summed E-state index contributed by atoms with van der Waals surface area (Å²) in [6.45, 7) is 5.91. The fourth-order valence-electron chi connectivity index (χ4n) is 3.79. The highest BCUT2D eigenvalue weighted by Gasteiger charge is 2.26. The highest BCUT2D eigenvalue weighted by atomic mass is 32.2. The Hall–Kier alpha value is -4.03. The molecular formula is C30H35F2N3O6S. The van der Waals surface area contributed by atoms with Crippen molar-refractivity contribution in [3.05, 3.63) is 90.0 Å². The molecule has 1 atom stereocenters. The van der Waals surface area contributed by atoms with Gasteiger partial charge in [-0.25, -0.2) is 17.2 Å². The van der Waals surface area contributed by atoms with Crippen LogP contribution in [0.1, 0.15) is 32.8 Å².